The Hall–Kier alpha value is -1.89. The second-order valence-corrected chi connectivity index (χ2v) is 4.14. The van der Waals surface area contributed by atoms with Gasteiger partial charge < -0.3 is 19.3 Å². The first-order valence-corrected chi connectivity index (χ1v) is 5.64. The van der Waals surface area contributed by atoms with E-state index in [1.165, 1.54) is 0 Å². The number of hydrogen-bond donors (Lipinski definition) is 1. The number of hydrogen-bond acceptors (Lipinski definition) is 5. The van der Waals surface area contributed by atoms with Crippen molar-refractivity contribution in [2.45, 2.75) is 18.9 Å². The molecule has 0 spiro atoms. The molecule has 2 rings (SSSR count). The molecule has 0 aliphatic carbocycles. The van der Waals surface area contributed by atoms with Crippen LogP contribution in [0.25, 0.3) is 0 Å². The number of carbonyl (C=O) groups excluding carboxylic acids is 1. The Morgan fingerprint density at radius 2 is 2.11 bits per heavy atom. The molecule has 0 radical (unpaired) electrons. The lowest BCUT2D eigenvalue weighted by Crippen LogP contribution is -2.40. The Labute approximate surface area is 103 Å². The molecule has 0 bridgehead atoms. The number of amides is 1. The molecule has 7 heteroatoms. The summed E-state index contributed by atoms with van der Waals surface area (Å²) in [5.74, 6) is -1.91. The molecule has 1 N–H and O–H groups in total. The Kier molecular flexibility index (Phi) is 3.61. The van der Waals surface area contributed by atoms with Crippen molar-refractivity contribution in [3.8, 4) is 0 Å². The molecule has 0 unspecified atom stereocenters. The highest BCUT2D eigenvalue weighted by Gasteiger charge is 2.26. The summed E-state index contributed by atoms with van der Waals surface area (Å²) in [7, 11) is 1.67. The average molecular weight is 254 g/mol. The predicted octanol–water partition coefficient (Wildman–Crippen LogP) is 0.624. The fourth-order valence-corrected chi connectivity index (χ4v) is 1.90. The summed E-state index contributed by atoms with van der Waals surface area (Å²) in [6.07, 6.45) is 1.54. The SMILES string of the molecule is CN(C(=O)c1cc(C(=O)O)on1)C1CCOCC1. The number of nitrogens with zero attached hydrogens (tertiary/aromatic N) is 2. The van der Waals surface area contributed by atoms with Gasteiger partial charge in [-0.3, -0.25) is 4.79 Å². The van der Waals surface area contributed by atoms with Crippen LogP contribution in [0.15, 0.2) is 10.6 Å². The molecule has 98 valence electrons. The highest BCUT2D eigenvalue weighted by molar-refractivity contribution is 5.94. The van der Waals surface area contributed by atoms with Gasteiger partial charge in [0.1, 0.15) is 0 Å². The highest BCUT2D eigenvalue weighted by Crippen LogP contribution is 2.15. The van der Waals surface area contributed by atoms with Crippen molar-refractivity contribution in [3.63, 3.8) is 0 Å². The molecule has 1 aromatic heterocycles. The van der Waals surface area contributed by atoms with Gasteiger partial charge in [0.05, 0.1) is 0 Å². The van der Waals surface area contributed by atoms with E-state index in [2.05, 4.69) is 9.68 Å². The van der Waals surface area contributed by atoms with Crippen LogP contribution in [0.4, 0.5) is 0 Å². The zero-order valence-corrected chi connectivity index (χ0v) is 9.96. The normalized spacial score (nSPS) is 16.5. The summed E-state index contributed by atoms with van der Waals surface area (Å²) < 4.78 is 9.78. The Morgan fingerprint density at radius 1 is 1.44 bits per heavy atom. The Morgan fingerprint density at radius 3 is 2.67 bits per heavy atom. The van der Waals surface area contributed by atoms with Gasteiger partial charge in [0, 0.05) is 32.4 Å². The van der Waals surface area contributed by atoms with Crippen LogP contribution >= 0.6 is 0 Å². The van der Waals surface area contributed by atoms with Crippen LogP contribution in [0, 0.1) is 0 Å². The molecule has 0 atom stereocenters. The van der Waals surface area contributed by atoms with Crippen LogP contribution in [-0.2, 0) is 4.74 Å². The summed E-state index contributed by atoms with van der Waals surface area (Å²) >= 11 is 0. The third-order valence-corrected chi connectivity index (χ3v) is 3.00. The van der Waals surface area contributed by atoms with Gasteiger partial charge in [0.2, 0.25) is 5.76 Å². The van der Waals surface area contributed by atoms with Crippen molar-refractivity contribution in [2.75, 3.05) is 20.3 Å². The number of ether oxygens (including phenoxy) is 1. The zero-order valence-electron chi connectivity index (χ0n) is 9.96. The van der Waals surface area contributed by atoms with Crippen LogP contribution in [0.5, 0.6) is 0 Å². The molecule has 18 heavy (non-hydrogen) atoms. The molecule has 1 fully saturated rings. The lowest BCUT2D eigenvalue weighted by Gasteiger charge is -2.30. The van der Waals surface area contributed by atoms with Gasteiger partial charge in [0.25, 0.3) is 5.91 Å². The largest absolute Gasteiger partial charge is 0.475 e. The third-order valence-electron chi connectivity index (χ3n) is 3.00. The van der Waals surface area contributed by atoms with E-state index in [4.69, 9.17) is 9.84 Å². The van der Waals surface area contributed by atoms with Crippen molar-refractivity contribution in [1.29, 1.82) is 0 Å². The lowest BCUT2D eigenvalue weighted by molar-refractivity contribution is 0.0356. The lowest BCUT2D eigenvalue weighted by atomic mass is 10.1. The van der Waals surface area contributed by atoms with Crippen molar-refractivity contribution in [1.82, 2.24) is 10.1 Å². The van der Waals surface area contributed by atoms with E-state index in [0.717, 1.165) is 18.9 Å². The molecule has 1 aromatic rings. The number of carbonyl (C=O) groups is 2. The van der Waals surface area contributed by atoms with Crippen molar-refractivity contribution >= 4 is 11.9 Å². The molecule has 7 nitrogen and oxygen atoms in total. The van der Waals surface area contributed by atoms with E-state index >= 15 is 0 Å². The number of rotatable bonds is 3. The number of carboxylic acids is 1. The van der Waals surface area contributed by atoms with E-state index in [1.807, 2.05) is 0 Å². The zero-order chi connectivity index (χ0) is 13.1. The van der Waals surface area contributed by atoms with Gasteiger partial charge in [-0.1, -0.05) is 5.16 Å². The summed E-state index contributed by atoms with van der Waals surface area (Å²) in [5, 5.41) is 12.2. The molecule has 0 aromatic carbocycles. The number of aromatic nitrogens is 1. The average Bonchev–Trinajstić information content (AvgIpc) is 2.88. The topological polar surface area (TPSA) is 92.9 Å². The smallest absolute Gasteiger partial charge is 0.374 e. The van der Waals surface area contributed by atoms with Crippen LogP contribution in [0.1, 0.15) is 33.9 Å². The minimum absolute atomic E-state index is 0.0152. The molecule has 1 aliphatic rings. The van der Waals surface area contributed by atoms with Gasteiger partial charge in [0.15, 0.2) is 5.69 Å². The van der Waals surface area contributed by atoms with E-state index in [-0.39, 0.29) is 23.4 Å². The summed E-state index contributed by atoms with van der Waals surface area (Å²) in [6, 6.07) is 1.23. The van der Waals surface area contributed by atoms with E-state index in [9.17, 15) is 9.59 Å². The van der Waals surface area contributed by atoms with Gasteiger partial charge in [-0.15, -0.1) is 0 Å². The minimum Gasteiger partial charge on any atom is -0.475 e. The summed E-state index contributed by atoms with van der Waals surface area (Å²) in [5.41, 5.74) is 0.0152. The third kappa shape index (κ3) is 2.51. The maximum Gasteiger partial charge on any atom is 0.374 e. The van der Waals surface area contributed by atoms with Gasteiger partial charge in [-0.25, -0.2) is 4.79 Å². The molecule has 1 saturated heterocycles. The highest BCUT2D eigenvalue weighted by atomic mass is 16.5. The monoisotopic (exact) mass is 254 g/mol. The maximum atomic E-state index is 12.0. The van der Waals surface area contributed by atoms with E-state index in [1.54, 1.807) is 11.9 Å². The summed E-state index contributed by atoms with van der Waals surface area (Å²) in [4.78, 5) is 24.2. The molecule has 1 amide bonds. The van der Waals surface area contributed by atoms with Crippen molar-refractivity contribution in [2.24, 2.45) is 0 Å². The van der Waals surface area contributed by atoms with E-state index in [0.29, 0.717) is 13.2 Å². The predicted molar refractivity (Wildman–Crippen MR) is 59.4 cm³/mol. The van der Waals surface area contributed by atoms with Gasteiger partial charge in [-0.2, -0.15) is 0 Å². The quantitative estimate of drug-likeness (QED) is 0.850. The van der Waals surface area contributed by atoms with Crippen molar-refractivity contribution < 1.29 is 24.0 Å². The molecule has 1 aliphatic heterocycles. The second-order valence-electron chi connectivity index (χ2n) is 4.14. The number of aromatic carboxylic acids is 1. The van der Waals surface area contributed by atoms with Crippen LogP contribution < -0.4 is 0 Å². The van der Waals surface area contributed by atoms with E-state index < -0.39 is 5.97 Å². The first-order chi connectivity index (χ1) is 8.59. The van der Waals surface area contributed by atoms with Crippen LogP contribution in [0.2, 0.25) is 0 Å². The fraction of sp³-hybridized carbons (Fsp3) is 0.545. The maximum absolute atomic E-state index is 12.0. The first kappa shape index (κ1) is 12.6. The molecule has 0 saturated carbocycles. The molecular weight excluding hydrogens is 240 g/mol. The van der Waals surface area contributed by atoms with Crippen LogP contribution in [0.3, 0.4) is 0 Å². The second kappa shape index (κ2) is 5.18. The Bertz CT molecular complexity index is 450. The minimum atomic E-state index is -1.24. The fourth-order valence-electron chi connectivity index (χ4n) is 1.90. The molecular formula is C11H14N2O5. The summed E-state index contributed by atoms with van der Waals surface area (Å²) in [6.45, 7) is 1.25. The van der Waals surface area contributed by atoms with Crippen molar-refractivity contribution in [3.05, 3.63) is 17.5 Å². The Balaban J connectivity index is 2.07. The first-order valence-electron chi connectivity index (χ1n) is 5.64. The van der Waals surface area contributed by atoms with Gasteiger partial charge in [-0.05, 0) is 12.8 Å². The van der Waals surface area contributed by atoms with Gasteiger partial charge >= 0.3 is 5.97 Å². The molecule has 2 heterocycles. The standard InChI is InChI=1S/C11H14N2O5/c1-13(7-2-4-17-5-3-7)10(14)8-6-9(11(15)16)18-12-8/h6-7H,2-5H2,1H3,(H,15,16). The van der Waals surface area contributed by atoms with Crippen LogP contribution in [-0.4, -0.2) is 53.3 Å². The number of carboxylic acid groups (broad SMARTS) is 1.